The number of carbonyl (C=O) groups is 1. The average molecular weight is 405 g/mol. The number of nitrogens with one attached hydrogen (secondary N) is 2. The summed E-state index contributed by atoms with van der Waals surface area (Å²) < 4.78 is 18.6. The van der Waals surface area contributed by atoms with E-state index in [1.807, 2.05) is 12.1 Å². The van der Waals surface area contributed by atoms with Crippen LogP contribution in [0.4, 0.5) is 4.39 Å². The fourth-order valence-electron chi connectivity index (χ4n) is 3.61. The van der Waals surface area contributed by atoms with E-state index in [0.717, 1.165) is 44.4 Å². The summed E-state index contributed by atoms with van der Waals surface area (Å²) in [7, 11) is 1.67. The van der Waals surface area contributed by atoms with Gasteiger partial charge in [0.15, 0.2) is 0 Å². The van der Waals surface area contributed by atoms with Crippen LogP contribution < -0.4 is 15.4 Å². The van der Waals surface area contributed by atoms with Crippen LogP contribution in [0.2, 0.25) is 5.02 Å². The molecule has 1 amide bonds. The van der Waals surface area contributed by atoms with Gasteiger partial charge >= 0.3 is 0 Å². The number of benzene rings is 2. The van der Waals surface area contributed by atoms with Crippen molar-refractivity contribution in [2.75, 3.05) is 13.7 Å². The zero-order chi connectivity index (χ0) is 19.9. The van der Waals surface area contributed by atoms with Crippen LogP contribution in [-0.4, -0.2) is 31.6 Å². The van der Waals surface area contributed by atoms with Crippen LogP contribution >= 0.6 is 11.6 Å². The fourth-order valence-corrected chi connectivity index (χ4v) is 3.83. The summed E-state index contributed by atoms with van der Waals surface area (Å²) in [6.45, 7) is 0.926. The van der Waals surface area contributed by atoms with E-state index in [4.69, 9.17) is 16.3 Å². The van der Waals surface area contributed by atoms with Crippen LogP contribution in [0.3, 0.4) is 0 Å². The standard InChI is InChI=1S/C22H26ClFN2O2/c1-28-21-8-2-15(3-9-21)10-11-25-19-4-6-20(7-5-19)26-22(27)16-12-17(23)14-18(24)13-16/h2-3,8-9,12-14,19-20,25H,4-7,10-11H2,1H3,(H,26,27). The van der Waals surface area contributed by atoms with Crippen LogP contribution in [0.25, 0.3) is 0 Å². The van der Waals surface area contributed by atoms with E-state index in [1.165, 1.54) is 23.8 Å². The highest BCUT2D eigenvalue weighted by molar-refractivity contribution is 6.31. The lowest BCUT2D eigenvalue weighted by molar-refractivity contribution is 0.0924. The number of rotatable bonds is 7. The second kappa shape index (κ2) is 9.89. The first-order valence-corrected chi connectivity index (χ1v) is 10.0. The van der Waals surface area contributed by atoms with Crippen LogP contribution in [0.5, 0.6) is 5.75 Å². The van der Waals surface area contributed by atoms with Crippen molar-refractivity contribution in [1.29, 1.82) is 0 Å². The van der Waals surface area contributed by atoms with Crippen molar-refractivity contribution in [3.63, 3.8) is 0 Å². The van der Waals surface area contributed by atoms with Gasteiger partial charge in [0.25, 0.3) is 5.91 Å². The predicted molar refractivity (Wildman–Crippen MR) is 110 cm³/mol. The zero-order valence-electron chi connectivity index (χ0n) is 16.0. The molecule has 0 heterocycles. The van der Waals surface area contributed by atoms with Gasteiger partial charge in [-0.1, -0.05) is 23.7 Å². The van der Waals surface area contributed by atoms with Gasteiger partial charge in [-0.25, -0.2) is 4.39 Å². The van der Waals surface area contributed by atoms with Crippen molar-refractivity contribution in [1.82, 2.24) is 10.6 Å². The second-order valence-corrected chi connectivity index (χ2v) is 7.67. The van der Waals surface area contributed by atoms with Crippen LogP contribution in [-0.2, 0) is 6.42 Å². The predicted octanol–water partition coefficient (Wildman–Crippen LogP) is 4.36. The summed E-state index contributed by atoms with van der Waals surface area (Å²) in [5, 5.41) is 6.84. The first kappa shape index (κ1) is 20.6. The maximum atomic E-state index is 13.4. The highest BCUT2D eigenvalue weighted by Gasteiger charge is 2.22. The van der Waals surface area contributed by atoms with Gasteiger partial charge in [-0.15, -0.1) is 0 Å². The Labute approximate surface area is 170 Å². The van der Waals surface area contributed by atoms with Crippen LogP contribution in [0.1, 0.15) is 41.6 Å². The molecule has 0 aliphatic heterocycles. The molecule has 2 N–H and O–H groups in total. The molecule has 0 atom stereocenters. The summed E-state index contributed by atoms with van der Waals surface area (Å²) in [6.07, 6.45) is 4.82. The maximum Gasteiger partial charge on any atom is 0.251 e. The number of hydrogen-bond donors (Lipinski definition) is 2. The molecular formula is C22H26ClFN2O2. The van der Waals surface area contributed by atoms with E-state index in [-0.39, 0.29) is 22.5 Å². The summed E-state index contributed by atoms with van der Waals surface area (Å²) in [6, 6.07) is 12.6. The first-order chi connectivity index (χ1) is 13.5. The third-order valence-corrected chi connectivity index (χ3v) is 5.41. The maximum absolute atomic E-state index is 13.4. The van der Waals surface area contributed by atoms with Gasteiger partial charge in [-0.05, 0) is 74.5 Å². The van der Waals surface area contributed by atoms with Crippen molar-refractivity contribution in [3.8, 4) is 5.75 Å². The number of carbonyl (C=O) groups excluding carboxylic acids is 1. The molecule has 2 aromatic rings. The highest BCUT2D eigenvalue weighted by atomic mass is 35.5. The summed E-state index contributed by atoms with van der Waals surface area (Å²) in [5.74, 6) is 0.109. The molecule has 1 saturated carbocycles. The minimum Gasteiger partial charge on any atom is -0.497 e. The molecular weight excluding hydrogens is 379 g/mol. The van der Waals surface area contributed by atoms with E-state index in [0.29, 0.717) is 6.04 Å². The lowest BCUT2D eigenvalue weighted by Crippen LogP contribution is -2.42. The Kier molecular flexibility index (Phi) is 7.29. The molecule has 0 spiro atoms. The number of halogens is 2. The van der Waals surface area contributed by atoms with E-state index in [1.54, 1.807) is 7.11 Å². The average Bonchev–Trinajstić information content (AvgIpc) is 2.69. The molecule has 2 aromatic carbocycles. The number of hydrogen-bond acceptors (Lipinski definition) is 3. The molecule has 0 unspecified atom stereocenters. The van der Waals surface area contributed by atoms with E-state index < -0.39 is 5.82 Å². The Morgan fingerprint density at radius 2 is 1.79 bits per heavy atom. The molecule has 150 valence electrons. The van der Waals surface area contributed by atoms with Crippen molar-refractivity contribution in [3.05, 3.63) is 64.4 Å². The Morgan fingerprint density at radius 3 is 2.43 bits per heavy atom. The minimum atomic E-state index is -0.498. The SMILES string of the molecule is COc1ccc(CCNC2CCC(NC(=O)c3cc(F)cc(Cl)c3)CC2)cc1. The Hall–Kier alpha value is -2.11. The van der Waals surface area contributed by atoms with E-state index in [9.17, 15) is 9.18 Å². The number of methoxy groups -OCH3 is 1. The quantitative estimate of drug-likeness (QED) is 0.720. The lowest BCUT2D eigenvalue weighted by atomic mass is 9.91. The molecule has 6 heteroatoms. The van der Waals surface area contributed by atoms with Gasteiger partial charge in [-0.2, -0.15) is 0 Å². The van der Waals surface area contributed by atoms with Crippen molar-refractivity contribution >= 4 is 17.5 Å². The monoisotopic (exact) mass is 404 g/mol. The molecule has 0 saturated heterocycles. The van der Waals surface area contributed by atoms with Gasteiger partial charge in [0.2, 0.25) is 0 Å². The molecule has 0 aromatic heterocycles. The first-order valence-electron chi connectivity index (χ1n) is 9.67. The molecule has 28 heavy (non-hydrogen) atoms. The zero-order valence-corrected chi connectivity index (χ0v) is 16.8. The van der Waals surface area contributed by atoms with Crippen LogP contribution in [0.15, 0.2) is 42.5 Å². The van der Waals surface area contributed by atoms with Gasteiger partial charge in [-0.3, -0.25) is 4.79 Å². The molecule has 1 aliphatic rings. The largest absolute Gasteiger partial charge is 0.497 e. The van der Waals surface area contributed by atoms with Gasteiger partial charge in [0, 0.05) is 22.7 Å². The topological polar surface area (TPSA) is 50.4 Å². The summed E-state index contributed by atoms with van der Waals surface area (Å²) in [5.41, 5.74) is 1.55. The molecule has 3 rings (SSSR count). The molecule has 1 fully saturated rings. The number of ether oxygens (including phenoxy) is 1. The van der Waals surface area contributed by atoms with Crippen molar-refractivity contribution < 1.29 is 13.9 Å². The Balaban J connectivity index is 1.38. The van der Waals surface area contributed by atoms with Crippen molar-refractivity contribution in [2.45, 2.75) is 44.2 Å². The van der Waals surface area contributed by atoms with E-state index in [2.05, 4.69) is 22.8 Å². The van der Waals surface area contributed by atoms with Gasteiger partial charge in [0.05, 0.1) is 7.11 Å². The Morgan fingerprint density at radius 1 is 1.11 bits per heavy atom. The number of amides is 1. The smallest absolute Gasteiger partial charge is 0.251 e. The summed E-state index contributed by atoms with van der Waals surface area (Å²) in [4.78, 5) is 12.3. The Bertz CT molecular complexity index is 769. The normalized spacial score (nSPS) is 19.2. The molecule has 1 aliphatic carbocycles. The second-order valence-electron chi connectivity index (χ2n) is 7.23. The van der Waals surface area contributed by atoms with E-state index >= 15 is 0 Å². The van der Waals surface area contributed by atoms with Gasteiger partial charge in [0.1, 0.15) is 11.6 Å². The molecule has 0 radical (unpaired) electrons. The third kappa shape index (κ3) is 5.94. The lowest BCUT2D eigenvalue weighted by Gasteiger charge is -2.30. The third-order valence-electron chi connectivity index (χ3n) is 5.19. The van der Waals surface area contributed by atoms with Crippen molar-refractivity contribution in [2.24, 2.45) is 0 Å². The molecule has 0 bridgehead atoms. The minimum absolute atomic E-state index is 0.120. The van der Waals surface area contributed by atoms with Crippen LogP contribution in [0, 0.1) is 5.82 Å². The fraction of sp³-hybridized carbons (Fsp3) is 0.409. The highest BCUT2D eigenvalue weighted by Crippen LogP contribution is 2.20. The van der Waals surface area contributed by atoms with Gasteiger partial charge < -0.3 is 15.4 Å². The summed E-state index contributed by atoms with van der Waals surface area (Å²) >= 11 is 5.83. The molecule has 4 nitrogen and oxygen atoms in total.